The van der Waals surface area contributed by atoms with E-state index in [1.54, 1.807) is 24.5 Å². The third kappa shape index (κ3) is 3.32. The van der Waals surface area contributed by atoms with E-state index in [9.17, 15) is 4.79 Å². The first-order chi connectivity index (χ1) is 13.8. The molecule has 0 radical (unpaired) electrons. The number of carbonyl (C=O) groups excluding carboxylic acids is 1. The second kappa shape index (κ2) is 6.80. The minimum atomic E-state index is -0.315. The van der Waals surface area contributed by atoms with Gasteiger partial charge in [-0.15, -0.1) is 0 Å². The van der Waals surface area contributed by atoms with Crippen LogP contribution in [0, 0.1) is 0 Å². The Balaban J connectivity index is 1.33. The normalized spacial score (nSPS) is 13.6. The fourth-order valence-corrected chi connectivity index (χ4v) is 2.93. The number of nitrogens with one attached hydrogen (secondary N) is 1. The lowest BCUT2D eigenvalue weighted by molar-refractivity contribution is 0.101. The van der Waals surface area contributed by atoms with Crippen LogP contribution in [-0.4, -0.2) is 21.2 Å². The molecule has 0 atom stereocenters. The summed E-state index contributed by atoms with van der Waals surface area (Å²) in [6, 6.07) is 12.7. The predicted octanol–water partition coefficient (Wildman–Crippen LogP) is 4.04. The minimum absolute atomic E-state index is 0.273. The van der Waals surface area contributed by atoms with E-state index < -0.39 is 0 Å². The van der Waals surface area contributed by atoms with Gasteiger partial charge in [0.15, 0.2) is 11.5 Å². The zero-order chi connectivity index (χ0) is 18.9. The molecule has 1 saturated carbocycles. The number of rotatable bonds is 6. The Morgan fingerprint density at radius 2 is 2.00 bits per heavy atom. The van der Waals surface area contributed by atoms with Crippen molar-refractivity contribution >= 4 is 11.6 Å². The molecule has 8 heteroatoms. The molecular weight excluding hydrogens is 360 g/mol. The molecule has 0 aliphatic heterocycles. The Kier molecular flexibility index (Phi) is 4.01. The first-order valence-electron chi connectivity index (χ1n) is 8.98. The molecular formula is C20H16N4O4. The SMILES string of the molecule is O=C(Nc1ccccc1Cc1nc(-c2ccco2)no1)c1cc(C2CC2)on1. The molecule has 1 N–H and O–H groups in total. The van der Waals surface area contributed by atoms with E-state index in [-0.39, 0.29) is 11.6 Å². The summed E-state index contributed by atoms with van der Waals surface area (Å²) < 4.78 is 15.8. The fraction of sp³-hybridized carbons (Fsp3) is 0.200. The summed E-state index contributed by atoms with van der Waals surface area (Å²) in [5.41, 5.74) is 1.77. The summed E-state index contributed by atoms with van der Waals surface area (Å²) in [6.07, 6.45) is 4.09. The number of benzene rings is 1. The highest BCUT2D eigenvalue weighted by molar-refractivity contribution is 6.03. The van der Waals surface area contributed by atoms with Crippen LogP contribution in [0.3, 0.4) is 0 Å². The van der Waals surface area contributed by atoms with Crippen molar-refractivity contribution in [3.8, 4) is 11.6 Å². The standard InChI is InChI=1S/C20H16N4O4/c25-20(15-11-17(27-23-15)12-7-8-12)21-14-5-2-1-4-13(14)10-18-22-19(24-28-18)16-6-3-9-26-16/h1-6,9,11-12H,7-8,10H2,(H,21,25). The summed E-state index contributed by atoms with van der Waals surface area (Å²) in [5.74, 6) is 2.21. The molecule has 8 nitrogen and oxygen atoms in total. The maximum absolute atomic E-state index is 12.5. The van der Waals surface area contributed by atoms with Gasteiger partial charge in [0.25, 0.3) is 5.91 Å². The van der Waals surface area contributed by atoms with Gasteiger partial charge in [-0.05, 0) is 36.6 Å². The van der Waals surface area contributed by atoms with Crippen molar-refractivity contribution < 1.29 is 18.3 Å². The molecule has 140 valence electrons. The van der Waals surface area contributed by atoms with Gasteiger partial charge in [-0.25, -0.2) is 0 Å². The monoisotopic (exact) mass is 376 g/mol. The van der Waals surface area contributed by atoms with Crippen LogP contribution in [0.1, 0.15) is 46.5 Å². The van der Waals surface area contributed by atoms with Crippen molar-refractivity contribution in [2.75, 3.05) is 5.32 Å². The first kappa shape index (κ1) is 16.5. The maximum atomic E-state index is 12.5. The van der Waals surface area contributed by atoms with Gasteiger partial charge in [0.05, 0.1) is 12.7 Å². The molecule has 0 bridgehead atoms. The lowest BCUT2D eigenvalue weighted by Crippen LogP contribution is -2.13. The van der Waals surface area contributed by atoms with E-state index in [0.29, 0.717) is 35.5 Å². The topological polar surface area (TPSA) is 107 Å². The zero-order valence-corrected chi connectivity index (χ0v) is 14.8. The Hall–Kier alpha value is -3.68. The highest BCUT2D eigenvalue weighted by Gasteiger charge is 2.29. The largest absolute Gasteiger partial charge is 0.461 e. The number of carbonyl (C=O) groups is 1. The van der Waals surface area contributed by atoms with Gasteiger partial charge in [-0.2, -0.15) is 4.98 Å². The quantitative estimate of drug-likeness (QED) is 0.541. The average molecular weight is 376 g/mol. The molecule has 1 amide bonds. The summed E-state index contributed by atoms with van der Waals surface area (Å²) >= 11 is 0. The van der Waals surface area contributed by atoms with Crippen LogP contribution in [0.15, 0.2) is 62.2 Å². The zero-order valence-electron chi connectivity index (χ0n) is 14.8. The smallest absolute Gasteiger partial charge is 0.277 e. The minimum Gasteiger partial charge on any atom is -0.461 e. The van der Waals surface area contributed by atoms with E-state index in [2.05, 4.69) is 20.6 Å². The number of para-hydroxylation sites is 1. The summed E-state index contributed by atoms with van der Waals surface area (Å²) in [4.78, 5) is 16.9. The molecule has 3 aromatic heterocycles. The second-order valence-corrected chi connectivity index (χ2v) is 6.67. The summed E-state index contributed by atoms with van der Waals surface area (Å²) in [6.45, 7) is 0. The average Bonchev–Trinajstić information content (AvgIpc) is 3.13. The van der Waals surface area contributed by atoms with Crippen molar-refractivity contribution in [1.29, 1.82) is 0 Å². The van der Waals surface area contributed by atoms with Crippen molar-refractivity contribution in [2.24, 2.45) is 0 Å². The number of anilines is 1. The molecule has 28 heavy (non-hydrogen) atoms. The molecule has 1 aliphatic carbocycles. The van der Waals surface area contributed by atoms with E-state index >= 15 is 0 Å². The number of amides is 1. The molecule has 1 fully saturated rings. The molecule has 1 aromatic carbocycles. The fourth-order valence-electron chi connectivity index (χ4n) is 2.93. The number of nitrogens with zero attached hydrogens (tertiary/aromatic N) is 3. The molecule has 4 aromatic rings. The predicted molar refractivity (Wildman–Crippen MR) is 97.7 cm³/mol. The lowest BCUT2D eigenvalue weighted by Gasteiger charge is -2.08. The van der Waals surface area contributed by atoms with Gasteiger partial charge < -0.3 is 18.8 Å². The van der Waals surface area contributed by atoms with Crippen molar-refractivity contribution in [3.05, 3.63) is 71.6 Å². The molecule has 1 aliphatic rings. The number of furan rings is 1. The van der Waals surface area contributed by atoms with Gasteiger partial charge in [0, 0.05) is 17.7 Å². The van der Waals surface area contributed by atoms with E-state index in [1.165, 1.54) is 0 Å². The number of hydrogen-bond acceptors (Lipinski definition) is 7. The maximum Gasteiger partial charge on any atom is 0.277 e. The van der Waals surface area contributed by atoms with Crippen molar-refractivity contribution in [2.45, 2.75) is 25.2 Å². The van der Waals surface area contributed by atoms with Crippen LogP contribution in [-0.2, 0) is 6.42 Å². The van der Waals surface area contributed by atoms with Gasteiger partial charge >= 0.3 is 0 Å². The highest BCUT2D eigenvalue weighted by Crippen LogP contribution is 2.40. The van der Waals surface area contributed by atoms with Crippen LogP contribution in [0.2, 0.25) is 0 Å². The second-order valence-electron chi connectivity index (χ2n) is 6.67. The molecule has 5 rings (SSSR count). The van der Waals surface area contributed by atoms with Crippen LogP contribution < -0.4 is 5.32 Å². The number of aromatic nitrogens is 3. The third-order valence-electron chi connectivity index (χ3n) is 4.56. The van der Waals surface area contributed by atoms with Crippen LogP contribution in [0.4, 0.5) is 5.69 Å². The third-order valence-corrected chi connectivity index (χ3v) is 4.56. The van der Waals surface area contributed by atoms with Crippen LogP contribution >= 0.6 is 0 Å². The molecule has 0 spiro atoms. The molecule has 3 heterocycles. The van der Waals surface area contributed by atoms with E-state index in [0.717, 1.165) is 24.2 Å². The van der Waals surface area contributed by atoms with Gasteiger partial charge in [0.2, 0.25) is 11.7 Å². The Morgan fingerprint density at radius 1 is 1.11 bits per heavy atom. The Labute approximate surface area is 159 Å². The molecule has 0 saturated heterocycles. The van der Waals surface area contributed by atoms with Gasteiger partial charge in [-0.3, -0.25) is 4.79 Å². The molecule has 0 unspecified atom stereocenters. The van der Waals surface area contributed by atoms with Crippen molar-refractivity contribution in [3.63, 3.8) is 0 Å². The van der Waals surface area contributed by atoms with E-state index in [4.69, 9.17) is 13.5 Å². The van der Waals surface area contributed by atoms with Crippen molar-refractivity contribution in [1.82, 2.24) is 15.3 Å². The van der Waals surface area contributed by atoms with Gasteiger partial charge in [0.1, 0.15) is 5.76 Å². The number of hydrogen-bond donors (Lipinski definition) is 1. The first-order valence-corrected chi connectivity index (χ1v) is 8.98. The lowest BCUT2D eigenvalue weighted by atomic mass is 10.1. The highest BCUT2D eigenvalue weighted by atomic mass is 16.5. The van der Waals surface area contributed by atoms with Crippen LogP contribution in [0.25, 0.3) is 11.6 Å². The summed E-state index contributed by atoms with van der Waals surface area (Å²) in [7, 11) is 0. The summed E-state index contributed by atoms with van der Waals surface area (Å²) in [5, 5.41) is 10.7. The van der Waals surface area contributed by atoms with E-state index in [1.807, 2.05) is 24.3 Å². The Bertz CT molecular complexity index is 1110. The van der Waals surface area contributed by atoms with Crippen LogP contribution in [0.5, 0.6) is 0 Å². The van der Waals surface area contributed by atoms with Gasteiger partial charge in [-0.1, -0.05) is 28.5 Å². The Morgan fingerprint density at radius 3 is 2.82 bits per heavy atom.